The molecule has 0 aromatic heterocycles. The van der Waals surface area contributed by atoms with Gasteiger partial charge < -0.3 is 10.6 Å². The smallest absolute Gasteiger partial charge is 0.219 e. The lowest BCUT2D eigenvalue weighted by Crippen LogP contribution is -2.24. The van der Waals surface area contributed by atoms with Crippen molar-refractivity contribution < 1.29 is 7.65 Å². The second-order valence-electron chi connectivity index (χ2n) is 4.98. The van der Waals surface area contributed by atoms with Gasteiger partial charge in [-0.1, -0.05) is 40.0 Å². The molecule has 0 unspecified atom stereocenters. The van der Waals surface area contributed by atoms with Crippen molar-refractivity contribution in [2.24, 2.45) is 0 Å². The van der Waals surface area contributed by atoms with Crippen LogP contribution in [0.5, 0.6) is 0 Å². The highest BCUT2D eigenvalue weighted by atomic mass is 16.1. The van der Waals surface area contributed by atoms with Crippen LogP contribution in [0.1, 0.15) is 68.6 Å². The molecule has 2 N–H and O–H groups in total. The molecule has 0 saturated heterocycles. The van der Waals surface area contributed by atoms with E-state index in [4.69, 9.17) is 0 Å². The van der Waals surface area contributed by atoms with Crippen molar-refractivity contribution in [3.63, 3.8) is 0 Å². The minimum Gasteiger partial charge on any atom is -0.356 e. The highest BCUT2D eigenvalue weighted by Gasteiger charge is 1.98. The van der Waals surface area contributed by atoms with Crippen LogP contribution in [0, 0.1) is 0 Å². The quantitative estimate of drug-likeness (QED) is 0.549. The molecule has 0 bridgehead atoms. The zero-order valence-electron chi connectivity index (χ0n) is 11.8. The van der Waals surface area contributed by atoms with E-state index in [1.807, 2.05) is 0 Å². The van der Waals surface area contributed by atoms with Crippen LogP contribution in [0.4, 0.5) is 0 Å². The Morgan fingerprint density at radius 2 is 1.71 bits per heavy atom. The van der Waals surface area contributed by atoms with E-state index < -0.39 is 0 Å². The Morgan fingerprint density at radius 3 is 2.29 bits per heavy atom. The first kappa shape index (κ1) is 16.4. The third-order valence-electron chi connectivity index (χ3n) is 2.74. The van der Waals surface area contributed by atoms with Gasteiger partial charge >= 0.3 is 0 Å². The molecule has 0 radical (unpaired) electrons. The maximum absolute atomic E-state index is 11.3. The molecule has 0 aliphatic heterocycles. The summed E-state index contributed by atoms with van der Waals surface area (Å²) in [6, 6.07) is 0.591. The van der Waals surface area contributed by atoms with E-state index >= 15 is 0 Å². The predicted octanol–water partition coefficient (Wildman–Crippen LogP) is 3.34. The molecular formula is C14H34N2O. The molecule has 0 aliphatic carbocycles. The normalized spacial score (nSPS) is 10.8. The van der Waals surface area contributed by atoms with Crippen molar-refractivity contribution >= 4 is 5.91 Å². The summed E-state index contributed by atoms with van der Waals surface area (Å²) >= 11 is 0. The van der Waals surface area contributed by atoms with Gasteiger partial charge in [0.05, 0.1) is 0 Å². The van der Waals surface area contributed by atoms with Crippen molar-refractivity contribution in [2.45, 2.75) is 71.8 Å². The SMILES string of the molecule is CCCCC(=O)NCCCCCCNC(C)C.[HH].[HH]. The van der Waals surface area contributed by atoms with Crippen molar-refractivity contribution in [2.75, 3.05) is 13.1 Å². The molecule has 0 aromatic rings. The maximum Gasteiger partial charge on any atom is 0.219 e. The van der Waals surface area contributed by atoms with Gasteiger partial charge in [0, 0.05) is 21.9 Å². The van der Waals surface area contributed by atoms with Crippen LogP contribution in [-0.2, 0) is 4.79 Å². The summed E-state index contributed by atoms with van der Waals surface area (Å²) in [5.74, 6) is 0.216. The summed E-state index contributed by atoms with van der Waals surface area (Å²) in [4.78, 5) is 11.3. The predicted molar refractivity (Wildman–Crippen MR) is 78.4 cm³/mol. The zero-order valence-corrected chi connectivity index (χ0v) is 11.8. The Balaban J connectivity index is -0.00000128. The van der Waals surface area contributed by atoms with Gasteiger partial charge in [0.25, 0.3) is 0 Å². The zero-order chi connectivity index (χ0) is 12.9. The Bertz CT molecular complexity index is 190. The maximum atomic E-state index is 11.3. The van der Waals surface area contributed by atoms with Gasteiger partial charge in [0.1, 0.15) is 0 Å². The van der Waals surface area contributed by atoms with Crippen LogP contribution >= 0.6 is 0 Å². The van der Waals surface area contributed by atoms with E-state index in [0.29, 0.717) is 12.5 Å². The lowest BCUT2D eigenvalue weighted by Gasteiger charge is -2.07. The van der Waals surface area contributed by atoms with Gasteiger partial charge in [-0.2, -0.15) is 0 Å². The van der Waals surface area contributed by atoms with E-state index in [-0.39, 0.29) is 8.76 Å². The van der Waals surface area contributed by atoms with Gasteiger partial charge in [0.2, 0.25) is 5.91 Å². The van der Waals surface area contributed by atoms with Gasteiger partial charge in [-0.05, 0) is 25.8 Å². The summed E-state index contributed by atoms with van der Waals surface area (Å²) < 4.78 is 0. The fraction of sp³-hybridized carbons (Fsp3) is 0.929. The third kappa shape index (κ3) is 13.4. The molecular weight excluding hydrogens is 212 g/mol. The second kappa shape index (κ2) is 11.9. The first-order valence-electron chi connectivity index (χ1n) is 7.17. The lowest BCUT2D eigenvalue weighted by atomic mass is 10.2. The van der Waals surface area contributed by atoms with Crippen LogP contribution in [0.2, 0.25) is 0 Å². The van der Waals surface area contributed by atoms with Crippen molar-refractivity contribution in [1.29, 1.82) is 0 Å². The number of carbonyl (C=O) groups excluding carboxylic acids is 1. The Morgan fingerprint density at radius 1 is 1.06 bits per heavy atom. The first-order valence-corrected chi connectivity index (χ1v) is 7.17. The van der Waals surface area contributed by atoms with Crippen LogP contribution < -0.4 is 10.6 Å². The molecule has 0 heterocycles. The van der Waals surface area contributed by atoms with Crippen molar-refractivity contribution in [3.8, 4) is 0 Å². The van der Waals surface area contributed by atoms with E-state index in [2.05, 4.69) is 31.4 Å². The number of rotatable bonds is 11. The first-order chi connectivity index (χ1) is 8.16. The van der Waals surface area contributed by atoms with E-state index in [0.717, 1.165) is 32.4 Å². The minimum absolute atomic E-state index is 0. The van der Waals surface area contributed by atoms with E-state index in [1.165, 1.54) is 19.3 Å². The molecule has 3 heteroatoms. The molecule has 0 atom stereocenters. The number of nitrogens with one attached hydrogen (secondary N) is 2. The molecule has 1 amide bonds. The van der Waals surface area contributed by atoms with E-state index in [1.54, 1.807) is 0 Å². The Labute approximate surface area is 110 Å². The fourth-order valence-corrected chi connectivity index (χ4v) is 1.65. The van der Waals surface area contributed by atoms with Gasteiger partial charge in [-0.3, -0.25) is 4.79 Å². The monoisotopic (exact) mass is 246 g/mol. The number of carbonyl (C=O) groups is 1. The molecule has 0 saturated carbocycles. The number of unbranched alkanes of at least 4 members (excludes halogenated alkanes) is 4. The average molecular weight is 246 g/mol. The summed E-state index contributed by atoms with van der Waals surface area (Å²) in [5, 5.41) is 6.38. The van der Waals surface area contributed by atoms with E-state index in [9.17, 15) is 4.79 Å². The molecule has 0 rings (SSSR count). The topological polar surface area (TPSA) is 41.1 Å². The van der Waals surface area contributed by atoms with Crippen LogP contribution in [0.15, 0.2) is 0 Å². The molecule has 0 fully saturated rings. The summed E-state index contributed by atoms with van der Waals surface area (Å²) in [5.41, 5.74) is 0. The van der Waals surface area contributed by atoms with Crippen LogP contribution in [0.25, 0.3) is 0 Å². The highest BCUT2D eigenvalue weighted by molar-refractivity contribution is 5.75. The minimum atomic E-state index is 0. The summed E-state index contributed by atoms with van der Waals surface area (Å²) in [6.07, 6.45) is 7.61. The fourth-order valence-electron chi connectivity index (χ4n) is 1.65. The van der Waals surface area contributed by atoms with Gasteiger partial charge in [-0.15, -0.1) is 0 Å². The summed E-state index contributed by atoms with van der Waals surface area (Å²) in [7, 11) is 0. The largest absolute Gasteiger partial charge is 0.356 e. The van der Waals surface area contributed by atoms with Crippen molar-refractivity contribution in [1.82, 2.24) is 10.6 Å². The third-order valence-corrected chi connectivity index (χ3v) is 2.74. The molecule has 0 aromatic carbocycles. The van der Waals surface area contributed by atoms with Crippen LogP contribution in [-0.4, -0.2) is 25.0 Å². The number of amides is 1. The molecule has 3 nitrogen and oxygen atoms in total. The molecule has 17 heavy (non-hydrogen) atoms. The Kier molecular flexibility index (Phi) is 11.5. The standard InChI is InChI=1S/C14H30N2O.2H2/c1-4-5-10-14(17)16-12-9-7-6-8-11-15-13(2)3;;/h13,15H,4-12H2,1-3H3,(H,16,17);2*1H. The number of hydrogen-bond acceptors (Lipinski definition) is 2. The number of hydrogen-bond donors (Lipinski definition) is 2. The molecule has 0 aliphatic rings. The molecule has 106 valence electrons. The van der Waals surface area contributed by atoms with Gasteiger partial charge in [-0.25, -0.2) is 0 Å². The lowest BCUT2D eigenvalue weighted by molar-refractivity contribution is -0.121. The summed E-state index contributed by atoms with van der Waals surface area (Å²) in [6.45, 7) is 8.41. The Hall–Kier alpha value is -0.570. The average Bonchev–Trinajstić information content (AvgIpc) is 2.29. The van der Waals surface area contributed by atoms with Gasteiger partial charge in [0.15, 0.2) is 0 Å². The molecule has 0 spiro atoms. The van der Waals surface area contributed by atoms with Crippen LogP contribution in [0.3, 0.4) is 0 Å². The second-order valence-corrected chi connectivity index (χ2v) is 4.98. The van der Waals surface area contributed by atoms with Crippen molar-refractivity contribution in [3.05, 3.63) is 0 Å². The highest BCUT2D eigenvalue weighted by Crippen LogP contribution is 1.99.